The second-order valence-electron chi connectivity index (χ2n) is 5.04. The van der Waals surface area contributed by atoms with E-state index in [9.17, 15) is 9.90 Å². The van der Waals surface area contributed by atoms with E-state index >= 15 is 0 Å². The fraction of sp³-hybridized carbons (Fsp3) is 0.125. The van der Waals surface area contributed by atoms with Crippen LogP contribution in [-0.2, 0) is 4.79 Å². The molecule has 0 radical (unpaired) electrons. The van der Waals surface area contributed by atoms with Gasteiger partial charge in [0.1, 0.15) is 5.75 Å². The predicted molar refractivity (Wildman–Crippen MR) is 100 cm³/mol. The maximum Gasteiger partial charge on any atom is 0.259 e. The zero-order valence-corrected chi connectivity index (χ0v) is 15.9. The Morgan fingerprint density at radius 2 is 2.04 bits per heavy atom. The molecule has 1 heterocycles. The molecule has 3 N–H and O–H groups in total. The van der Waals surface area contributed by atoms with Gasteiger partial charge in [-0.25, -0.2) is 5.43 Å². The number of ether oxygens (including phenoxy) is 2. The van der Waals surface area contributed by atoms with Crippen LogP contribution in [0, 0.1) is 0 Å². The Hall–Kier alpha value is -2.26. The number of anilines is 1. The van der Waals surface area contributed by atoms with E-state index in [0.29, 0.717) is 21.5 Å². The summed E-state index contributed by atoms with van der Waals surface area (Å²) >= 11 is 6.55. The van der Waals surface area contributed by atoms with Crippen molar-refractivity contribution in [3.63, 3.8) is 0 Å². The zero-order chi connectivity index (χ0) is 17.8. The van der Waals surface area contributed by atoms with E-state index in [0.717, 1.165) is 10.2 Å². The summed E-state index contributed by atoms with van der Waals surface area (Å²) in [5, 5.41) is 16.7. The highest BCUT2D eigenvalue weighted by atomic mass is 79.9. The number of nitrogens with one attached hydrogen (secondary N) is 2. The molecule has 0 saturated carbocycles. The number of halogens is 2. The second kappa shape index (κ2) is 7.75. The minimum Gasteiger partial charge on any atom is -0.506 e. The first kappa shape index (κ1) is 17.6. The van der Waals surface area contributed by atoms with Crippen LogP contribution in [-0.4, -0.2) is 30.6 Å². The number of carbonyl (C=O) groups is 1. The lowest BCUT2D eigenvalue weighted by Gasteiger charge is -2.06. The molecule has 2 aromatic rings. The molecule has 3 rings (SSSR count). The Morgan fingerprint density at radius 1 is 1.24 bits per heavy atom. The van der Waals surface area contributed by atoms with Gasteiger partial charge in [-0.3, -0.25) is 4.79 Å². The first-order chi connectivity index (χ1) is 12.0. The van der Waals surface area contributed by atoms with Gasteiger partial charge in [0, 0.05) is 21.8 Å². The minimum absolute atomic E-state index is 0.0329. The van der Waals surface area contributed by atoms with Crippen LogP contribution in [0.4, 0.5) is 5.69 Å². The molecule has 0 atom stereocenters. The lowest BCUT2D eigenvalue weighted by Crippen LogP contribution is -2.25. The van der Waals surface area contributed by atoms with Gasteiger partial charge in [-0.2, -0.15) is 5.10 Å². The number of hydrogen-bond acceptors (Lipinski definition) is 6. The average Bonchev–Trinajstić information content (AvgIpc) is 3.05. The van der Waals surface area contributed by atoms with Crippen molar-refractivity contribution in [3.05, 3.63) is 44.8 Å². The van der Waals surface area contributed by atoms with E-state index in [4.69, 9.17) is 9.47 Å². The SMILES string of the molecule is O=C(CNc1ccc2c(c1)OCO2)N/N=C\c1cc(Br)cc(Br)c1O. The number of benzene rings is 2. The number of carbonyl (C=O) groups excluding carboxylic acids is 1. The molecule has 1 aliphatic rings. The molecular formula is C16H13Br2N3O4. The van der Waals surface area contributed by atoms with Crippen LogP contribution in [0.3, 0.4) is 0 Å². The number of aromatic hydroxyl groups is 1. The van der Waals surface area contributed by atoms with E-state index in [-0.39, 0.29) is 25.0 Å². The Bertz CT molecular complexity index is 842. The number of fused-ring (bicyclic) bond motifs is 1. The third-order valence-corrected chi connectivity index (χ3v) is 4.34. The molecular weight excluding hydrogens is 458 g/mol. The van der Waals surface area contributed by atoms with Gasteiger partial charge in [0.15, 0.2) is 11.5 Å². The summed E-state index contributed by atoms with van der Waals surface area (Å²) in [4.78, 5) is 11.8. The van der Waals surface area contributed by atoms with Gasteiger partial charge in [0.2, 0.25) is 6.79 Å². The Kier molecular flexibility index (Phi) is 5.44. The van der Waals surface area contributed by atoms with Gasteiger partial charge in [-0.1, -0.05) is 15.9 Å². The summed E-state index contributed by atoms with van der Waals surface area (Å²) in [6.45, 7) is 0.234. The maximum atomic E-state index is 11.8. The molecule has 0 fully saturated rings. The number of nitrogens with zero attached hydrogens (tertiary/aromatic N) is 1. The smallest absolute Gasteiger partial charge is 0.259 e. The third kappa shape index (κ3) is 4.43. The van der Waals surface area contributed by atoms with E-state index in [2.05, 4.69) is 47.7 Å². The fourth-order valence-corrected chi connectivity index (χ4v) is 3.34. The molecule has 0 aliphatic carbocycles. The van der Waals surface area contributed by atoms with Gasteiger partial charge in [-0.05, 0) is 40.2 Å². The molecule has 0 aromatic heterocycles. The summed E-state index contributed by atoms with van der Waals surface area (Å²) in [5.74, 6) is 1.03. The maximum absolute atomic E-state index is 11.8. The number of hydrazone groups is 1. The molecule has 130 valence electrons. The number of hydrogen-bond donors (Lipinski definition) is 3. The molecule has 1 aliphatic heterocycles. The van der Waals surface area contributed by atoms with Crippen LogP contribution < -0.4 is 20.2 Å². The van der Waals surface area contributed by atoms with Crippen molar-refractivity contribution in [3.8, 4) is 17.2 Å². The van der Waals surface area contributed by atoms with Crippen LogP contribution >= 0.6 is 31.9 Å². The van der Waals surface area contributed by atoms with Crippen molar-refractivity contribution in [2.75, 3.05) is 18.7 Å². The predicted octanol–water partition coefficient (Wildman–Crippen LogP) is 3.21. The van der Waals surface area contributed by atoms with Crippen molar-refractivity contribution in [2.24, 2.45) is 5.10 Å². The van der Waals surface area contributed by atoms with Gasteiger partial charge in [-0.15, -0.1) is 0 Å². The Labute approximate surface area is 160 Å². The first-order valence-electron chi connectivity index (χ1n) is 7.16. The standard InChI is InChI=1S/C16H13Br2N3O4/c17-10-3-9(16(23)12(18)4-10)6-20-21-15(22)7-19-11-1-2-13-14(5-11)25-8-24-13/h1-6,19,23H,7-8H2,(H,21,22)/b20-6-. The van der Waals surface area contributed by atoms with Gasteiger partial charge < -0.3 is 19.9 Å². The molecule has 2 aromatic carbocycles. The summed E-state index contributed by atoms with van der Waals surface area (Å²) in [7, 11) is 0. The quantitative estimate of drug-likeness (QED) is 0.461. The number of phenols is 1. The van der Waals surface area contributed by atoms with Crippen LogP contribution in [0.2, 0.25) is 0 Å². The highest BCUT2D eigenvalue weighted by Gasteiger charge is 2.13. The normalized spacial score (nSPS) is 12.4. The summed E-state index contributed by atoms with van der Waals surface area (Å²) in [6.07, 6.45) is 1.36. The molecule has 0 unspecified atom stereocenters. The van der Waals surface area contributed by atoms with E-state index in [1.165, 1.54) is 6.21 Å². The molecule has 0 saturated heterocycles. The summed E-state index contributed by atoms with van der Waals surface area (Å²) in [6, 6.07) is 8.72. The monoisotopic (exact) mass is 469 g/mol. The number of amides is 1. The Morgan fingerprint density at radius 3 is 2.88 bits per heavy atom. The van der Waals surface area contributed by atoms with Crippen LogP contribution in [0.25, 0.3) is 0 Å². The average molecular weight is 471 g/mol. The topological polar surface area (TPSA) is 92.2 Å². The molecule has 25 heavy (non-hydrogen) atoms. The van der Waals surface area contributed by atoms with Crippen LogP contribution in [0.5, 0.6) is 17.2 Å². The zero-order valence-electron chi connectivity index (χ0n) is 12.8. The summed E-state index contributed by atoms with van der Waals surface area (Å²) in [5.41, 5.74) is 3.59. The Balaban J connectivity index is 1.53. The van der Waals surface area contributed by atoms with E-state index in [1.807, 2.05) is 0 Å². The van der Waals surface area contributed by atoms with Crippen molar-refractivity contribution < 1.29 is 19.4 Å². The molecule has 0 bridgehead atoms. The van der Waals surface area contributed by atoms with Crippen LogP contribution in [0.1, 0.15) is 5.56 Å². The minimum atomic E-state index is -0.331. The van der Waals surface area contributed by atoms with E-state index in [1.54, 1.807) is 30.3 Å². The van der Waals surface area contributed by atoms with Gasteiger partial charge >= 0.3 is 0 Å². The fourth-order valence-electron chi connectivity index (χ4n) is 2.09. The molecule has 7 nitrogen and oxygen atoms in total. The van der Waals surface area contributed by atoms with Gasteiger partial charge in [0.05, 0.1) is 17.2 Å². The summed E-state index contributed by atoms with van der Waals surface area (Å²) < 4.78 is 11.8. The van der Waals surface area contributed by atoms with Crippen molar-refractivity contribution in [1.82, 2.24) is 5.43 Å². The largest absolute Gasteiger partial charge is 0.506 e. The van der Waals surface area contributed by atoms with E-state index < -0.39 is 0 Å². The van der Waals surface area contributed by atoms with Crippen LogP contribution in [0.15, 0.2) is 44.4 Å². The molecule has 1 amide bonds. The number of phenolic OH excluding ortho intramolecular Hbond substituents is 1. The third-order valence-electron chi connectivity index (χ3n) is 3.28. The molecule has 9 heteroatoms. The van der Waals surface area contributed by atoms with Crippen molar-refractivity contribution >= 4 is 49.7 Å². The van der Waals surface area contributed by atoms with Crippen molar-refractivity contribution in [1.29, 1.82) is 0 Å². The first-order valence-corrected chi connectivity index (χ1v) is 8.75. The highest BCUT2D eigenvalue weighted by molar-refractivity contribution is 9.11. The lowest BCUT2D eigenvalue weighted by atomic mass is 10.2. The number of rotatable bonds is 5. The van der Waals surface area contributed by atoms with Gasteiger partial charge in [0.25, 0.3) is 5.91 Å². The van der Waals surface area contributed by atoms with Crippen molar-refractivity contribution in [2.45, 2.75) is 0 Å². The second-order valence-corrected chi connectivity index (χ2v) is 6.81. The highest BCUT2D eigenvalue weighted by Crippen LogP contribution is 2.34. The lowest BCUT2D eigenvalue weighted by molar-refractivity contribution is -0.119. The molecule has 0 spiro atoms.